The number of hydrogen-bond acceptors (Lipinski definition) is 3. The molecule has 3 heteroatoms. The minimum absolute atomic E-state index is 0.0398. The Bertz CT molecular complexity index is 359. The van der Waals surface area contributed by atoms with Crippen molar-refractivity contribution in [2.45, 2.75) is 38.6 Å². The molecular formula is C14H21NO2. The average molecular weight is 235 g/mol. The molecule has 1 fully saturated rings. The van der Waals surface area contributed by atoms with E-state index >= 15 is 0 Å². The molecule has 0 unspecified atom stereocenters. The summed E-state index contributed by atoms with van der Waals surface area (Å²) in [5.41, 5.74) is 1.01. The van der Waals surface area contributed by atoms with Crippen molar-refractivity contribution in [1.82, 2.24) is 5.32 Å². The second-order valence-electron chi connectivity index (χ2n) is 4.96. The fourth-order valence-electron chi connectivity index (χ4n) is 2.49. The minimum Gasteiger partial charge on any atom is -0.504 e. The van der Waals surface area contributed by atoms with Gasteiger partial charge < -0.3 is 15.5 Å². The third-order valence-corrected chi connectivity index (χ3v) is 3.53. The highest BCUT2D eigenvalue weighted by Gasteiger charge is 2.12. The van der Waals surface area contributed by atoms with E-state index in [1.807, 2.05) is 6.07 Å². The van der Waals surface area contributed by atoms with Crippen molar-refractivity contribution in [3.63, 3.8) is 0 Å². The monoisotopic (exact) mass is 235 g/mol. The molecule has 94 valence electrons. The van der Waals surface area contributed by atoms with Gasteiger partial charge in [-0.2, -0.15) is 0 Å². The highest BCUT2D eigenvalue weighted by atomic mass is 16.3. The van der Waals surface area contributed by atoms with Gasteiger partial charge in [-0.05, 0) is 43.0 Å². The molecule has 0 spiro atoms. The van der Waals surface area contributed by atoms with Gasteiger partial charge in [0.2, 0.25) is 0 Å². The average Bonchev–Trinajstić information content (AvgIpc) is 2.35. The Labute approximate surface area is 102 Å². The van der Waals surface area contributed by atoms with Gasteiger partial charge >= 0.3 is 0 Å². The summed E-state index contributed by atoms with van der Waals surface area (Å²) >= 11 is 0. The quantitative estimate of drug-likeness (QED) is 0.703. The van der Waals surface area contributed by atoms with E-state index in [2.05, 4.69) is 5.32 Å². The van der Waals surface area contributed by atoms with E-state index in [-0.39, 0.29) is 11.5 Å². The lowest BCUT2D eigenvalue weighted by Crippen LogP contribution is -2.24. The summed E-state index contributed by atoms with van der Waals surface area (Å²) in [5, 5.41) is 22.0. The standard InChI is InChI=1S/C14H21NO2/c16-13-7-6-12(8-14(13)17)10-15-9-11-4-2-1-3-5-11/h6-8,11,15-17H,1-5,9-10H2. The van der Waals surface area contributed by atoms with Crippen LogP contribution >= 0.6 is 0 Å². The summed E-state index contributed by atoms with van der Waals surface area (Å²) < 4.78 is 0. The summed E-state index contributed by atoms with van der Waals surface area (Å²) in [7, 11) is 0. The summed E-state index contributed by atoms with van der Waals surface area (Å²) in [4.78, 5) is 0. The van der Waals surface area contributed by atoms with Crippen LogP contribution in [0.4, 0.5) is 0 Å². The Morgan fingerprint density at radius 1 is 1.06 bits per heavy atom. The highest BCUT2D eigenvalue weighted by Crippen LogP contribution is 2.25. The van der Waals surface area contributed by atoms with Gasteiger partial charge in [0.25, 0.3) is 0 Å². The molecule has 1 aromatic rings. The van der Waals surface area contributed by atoms with E-state index in [4.69, 9.17) is 0 Å². The zero-order chi connectivity index (χ0) is 12.1. The van der Waals surface area contributed by atoms with Gasteiger partial charge in [0.1, 0.15) is 0 Å². The summed E-state index contributed by atoms with van der Waals surface area (Å²) in [6.07, 6.45) is 6.81. The molecule has 0 aromatic heterocycles. The van der Waals surface area contributed by atoms with Crippen molar-refractivity contribution < 1.29 is 10.2 Å². The molecule has 0 saturated heterocycles. The Hall–Kier alpha value is -1.22. The number of hydrogen-bond donors (Lipinski definition) is 3. The van der Waals surface area contributed by atoms with Crippen LogP contribution in [0.1, 0.15) is 37.7 Å². The third-order valence-electron chi connectivity index (χ3n) is 3.53. The number of aromatic hydroxyl groups is 2. The van der Waals surface area contributed by atoms with Crippen molar-refractivity contribution >= 4 is 0 Å². The van der Waals surface area contributed by atoms with E-state index in [1.54, 1.807) is 6.07 Å². The van der Waals surface area contributed by atoms with E-state index in [1.165, 1.54) is 38.2 Å². The Morgan fingerprint density at radius 3 is 2.53 bits per heavy atom. The highest BCUT2D eigenvalue weighted by molar-refractivity contribution is 5.40. The fraction of sp³-hybridized carbons (Fsp3) is 0.571. The summed E-state index contributed by atoms with van der Waals surface area (Å²) in [5.74, 6) is 0.720. The van der Waals surface area contributed by atoms with Crippen LogP contribution in [0.2, 0.25) is 0 Å². The lowest BCUT2D eigenvalue weighted by atomic mass is 9.89. The van der Waals surface area contributed by atoms with Crippen molar-refractivity contribution in [2.24, 2.45) is 5.92 Å². The molecule has 0 bridgehead atoms. The van der Waals surface area contributed by atoms with Gasteiger partial charge in [-0.25, -0.2) is 0 Å². The third kappa shape index (κ3) is 3.63. The first-order chi connectivity index (χ1) is 8.25. The number of benzene rings is 1. The molecule has 0 radical (unpaired) electrons. The van der Waals surface area contributed by atoms with Gasteiger partial charge in [0.15, 0.2) is 11.5 Å². The Kier molecular flexibility index (Phi) is 4.26. The maximum absolute atomic E-state index is 9.37. The largest absolute Gasteiger partial charge is 0.504 e. The van der Waals surface area contributed by atoms with E-state index in [0.717, 1.165) is 24.6 Å². The van der Waals surface area contributed by atoms with Crippen LogP contribution in [0.5, 0.6) is 11.5 Å². The van der Waals surface area contributed by atoms with E-state index < -0.39 is 0 Å². The SMILES string of the molecule is Oc1ccc(CNCC2CCCCC2)cc1O. The molecule has 1 aliphatic carbocycles. The van der Waals surface area contributed by atoms with Crippen LogP contribution in [0, 0.1) is 5.92 Å². The molecule has 1 aliphatic rings. The summed E-state index contributed by atoms with van der Waals surface area (Å²) in [6, 6.07) is 4.99. The molecule has 1 saturated carbocycles. The summed E-state index contributed by atoms with van der Waals surface area (Å²) in [6.45, 7) is 1.81. The molecule has 17 heavy (non-hydrogen) atoms. The van der Waals surface area contributed by atoms with Crippen LogP contribution in [0.25, 0.3) is 0 Å². The molecule has 3 nitrogen and oxygen atoms in total. The van der Waals surface area contributed by atoms with Gasteiger partial charge in [-0.3, -0.25) is 0 Å². The second kappa shape index (κ2) is 5.92. The van der Waals surface area contributed by atoms with Crippen LogP contribution in [-0.4, -0.2) is 16.8 Å². The second-order valence-corrected chi connectivity index (χ2v) is 4.96. The first kappa shape index (κ1) is 12.2. The molecule has 0 aliphatic heterocycles. The van der Waals surface area contributed by atoms with Gasteiger partial charge in [0, 0.05) is 6.54 Å². The van der Waals surface area contributed by atoms with Crippen LogP contribution in [0.3, 0.4) is 0 Å². The van der Waals surface area contributed by atoms with Crippen molar-refractivity contribution in [2.75, 3.05) is 6.54 Å². The molecule has 0 atom stereocenters. The smallest absolute Gasteiger partial charge is 0.157 e. The number of phenolic OH excluding ortho intramolecular Hbond substituents is 2. The zero-order valence-electron chi connectivity index (χ0n) is 10.2. The molecular weight excluding hydrogens is 214 g/mol. The molecule has 0 heterocycles. The van der Waals surface area contributed by atoms with Crippen molar-refractivity contribution in [3.8, 4) is 11.5 Å². The van der Waals surface area contributed by atoms with Crippen LogP contribution in [0.15, 0.2) is 18.2 Å². The lowest BCUT2D eigenvalue weighted by molar-refractivity contribution is 0.342. The molecule has 2 rings (SSSR count). The Morgan fingerprint density at radius 2 is 1.82 bits per heavy atom. The topological polar surface area (TPSA) is 52.5 Å². The Balaban J connectivity index is 1.75. The van der Waals surface area contributed by atoms with Crippen molar-refractivity contribution in [3.05, 3.63) is 23.8 Å². The van der Waals surface area contributed by atoms with Crippen LogP contribution in [-0.2, 0) is 6.54 Å². The van der Waals surface area contributed by atoms with Crippen LogP contribution < -0.4 is 5.32 Å². The van der Waals surface area contributed by atoms with Gasteiger partial charge in [0.05, 0.1) is 0 Å². The number of rotatable bonds is 4. The minimum atomic E-state index is -0.0546. The lowest BCUT2D eigenvalue weighted by Gasteiger charge is -2.21. The number of nitrogens with one attached hydrogen (secondary N) is 1. The van der Waals surface area contributed by atoms with E-state index in [9.17, 15) is 10.2 Å². The maximum atomic E-state index is 9.37. The molecule has 1 aromatic carbocycles. The molecule has 0 amide bonds. The normalized spacial score (nSPS) is 17.2. The maximum Gasteiger partial charge on any atom is 0.157 e. The fourth-order valence-corrected chi connectivity index (χ4v) is 2.49. The van der Waals surface area contributed by atoms with Gasteiger partial charge in [-0.1, -0.05) is 25.3 Å². The predicted molar refractivity (Wildman–Crippen MR) is 68.1 cm³/mol. The number of phenols is 2. The first-order valence-corrected chi connectivity index (χ1v) is 6.47. The molecule has 3 N–H and O–H groups in total. The van der Waals surface area contributed by atoms with Gasteiger partial charge in [-0.15, -0.1) is 0 Å². The first-order valence-electron chi connectivity index (χ1n) is 6.47. The van der Waals surface area contributed by atoms with Crippen molar-refractivity contribution in [1.29, 1.82) is 0 Å². The zero-order valence-corrected chi connectivity index (χ0v) is 10.2. The predicted octanol–water partition coefficient (Wildman–Crippen LogP) is 2.77. The van der Waals surface area contributed by atoms with E-state index in [0.29, 0.717) is 0 Å².